The molecule has 0 bridgehead atoms. The minimum Gasteiger partial charge on any atom is -0.314 e. The molecular formula is C20H27N. The van der Waals surface area contributed by atoms with E-state index in [0.717, 1.165) is 19.4 Å². The molecule has 0 heterocycles. The summed E-state index contributed by atoms with van der Waals surface area (Å²) in [6.45, 7) is 7.57. The van der Waals surface area contributed by atoms with E-state index in [1.807, 2.05) is 0 Å². The maximum Gasteiger partial charge on any atom is 0.0110 e. The first-order valence-corrected chi connectivity index (χ1v) is 8.02. The number of nitrogens with one attached hydrogen (secondary N) is 1. The van der Waals surface area contributed by atoms with E-state index < -0.39 is 0 Å². The molecule has 1 unspecified atom stereocenters. The van der Waals surface area contributed by atoms with Crippen LogP contribution in [-0.2, 0) is 12.8 Å². The average molecular weight is 281 g/mol. The maximum absolute atomic E-state index is 3.64. The fraction of sp³-hybridized carbons (Fsp3) is 0.400. The summed E-state index contributed by atoms with van der Waals surface area (Å²) in [7, 11) is 0. The molecule has 0 aliphatic rings. The zero-order valence-electron chi connectivity index (χ0n) is 13.5. The van der Waals surface area contributed by atoms with Gasteiger partial charge in [0.25, 0.3) is 0 Å². The minimum atomic E-state index is 0.553. The molecule has 0 saturated heterocycles. The first-order valence-electron chi connectivity index (χ1n) is 8.02. The lowest BCUT2D eigenvalue weighted by molar-refractivity contribution is 0.490. The van der Waals surface area contributed by atoms with Crippen LogP contribution in [0.3, 0.4) is 0 Å². The van der Waals surface area contributed by atoms with Crippen molar-refractivity contribution in [3.63, 3.8) is 0 Å². The fourth-order valence-corrected chi connectivity index (χ4v) is 2.79. The largest absolute Gasteiger partial charge is 0.314 e. The van der Waals surface area contributed by atoms with Gasteiger partial charge in [-0.2, -0.15) is 0 Å². The smallest absolute Gasteiger partial charge is 0.0110 e. The van der Waals surface area contributed by atoms with Crippen molar-refractivity contribution in [1.29, 1.82) is 0 Å². The van der Waals surface area contributed by atoms with E-state index in [4.69, 9.17) is 0 Å². The quantitative estimate of drug-likeness (QED) is 0.790. The molecule has 112 valence electrons. The number of benzene rings is 2. The SMILES string of the molecule is CCNC(CCc1ccccc1C)Cc1ccc(C)cc1. The molecule has 2 aromatic rings. The Morgan fingerprint density at radius 3 is 2.33 bits per heavy atom. The van der Waals surface area contributed by atoms with Gasteiger partial charge in [0.2, 0.25) is 0 Å². The molecule has 0 fully saturated rings. The van der Waals surface area contributed by atoms with Crippen molar-refractivity contribution in [3.8, 4) is 0 Å². The predicted octanol–water partition coefficient (Wildman–Crippen LogP) is 4.46. The summed E-state index contributed by atoms with van der Waals surface area (Å²) in [6.07, 6.45) is 3.45. The van der Waals surface area contributed by atoms with Crippen molar-refractivity contribution in [2.45, 2.75) is 46.1 Å². The van der Waals surface area contributed by atoms with Crippen molar-refractivity contribution >= 4 is 0 Å². The standard InChI is InChI=1S/C20H27N/c1-4-21-20(15-18-11-9-16(2)10-12-18)14-13-19-8-6-5-7-17(19)3/h5-12,20-21H,4,13-15H2,1-3H3. The highest BCUT2D eigenvalue weighted by atomic mass is 14.9. The first-order chi connectivity index (χ1) is 10.2. The summed E-state index contributed by atoms with van der Waals surface area (Å²) in [6, 6.07) is 18.2. The third-order valence-electron chi connectivity index (χ3n) is 4.12. The van der Waals surface area contributed by atoms with Gasteiger partial charge in [0.05, 0.1) is 0 Å². The van der Waals surface area contributed by atoms with Crippen molar-refractivity contribution in [3.05, 3.63) is 70.8 Å². The highest BCUT2D eigenvalue weighted by molar-refractivity contribution is 5.26. The Morgan fingerprint density at radius 1 is 0.952 bits per heavy atom. The first kappa shape index (κ1) is 15.8. The maximum atomic E-state index is 3.64. The van der Waals surface area contributed by atoms with Crippen LogP contribution in [0.1, 0.15) is 35.6 Å². The lowest BCUT2D eigenvalue weighted by atomic mass is 9.96. The summed E-state index contributed by atoms with van der Waals surface area (Å²) in [5, 5.41) is 3.64. The zero-order valence-corrected chi connectivity index (χ0v) is 13.5. The molecule has 0 saturated carbocycles. The van der Waals surface area contributed by atoms with Crippen LogP contribution in [0.25, 0.3) is 0 Å². The second-order valence-electron chi connectivity index (χ2n) is 5.91. The van der Waals surface area contributed by atoms with Gasteiger partial charge in [-0.1, -0.05) is 61.0 Å². The Balaban J connectivity index is 1.95. The average Bonchev–Trinajstić information content (AvgIpc) is 2.49. The summed E-state index contributed by atoms with van der Waals surface area (Å²) >= 11 is 0. The third-order valence-corrected chi connectivity index (χ3v) is 4.12. The Hall–Kier alpha value is -1.60. The van der Waals surface area contributed by atoms with Gasteiger partial charge in [0.1, 0.15) is 0 Å². The minimum absolute atomic E-state index is 0.553. The lowest BCUT2D eigenvalue weighted by Gasteiger charge is -2.18. The molecule has 2 rings (SSSR count). The summed E-state index contributed by atoms with van der Waals surface area (Å²) in [5.41, 5.74) is 5.64. The molecule has 0 radical (unpaired) electrons. The second-order valence-corrected chi connectivity index (χ2v) is 5.91. The van der Waals surface area contributed by atoms with E-state index >= 15 is 0 Å². The van der Waals surface area contributed by atoms with Crippen LogP contribution in [-0.4, -0.2) is 12.6 Å². The number of likely N-dealkylation sites (N-methyl/N-ethyl adjacent to an activating group) is 1. The van der Waals surface area contributed by atoms with Crippen LogP contribution in [0.4, 0.5) is 0 Å². The highest BCUT2D eigenvalue weighted by Crippen LogP contribution is 2.14. The van der Waals surface area contributed by atoms with Crippen LogP contribution in [0.5, 0.6) is 0 Å². The summed E-state index contributed by atoms with van der Waals surface area (Å²) in [4.78, 5) is 0. The van der Waals surface area contributed by atoms with E-state index in [1.54, 1.807) is 0 Å². The molecule has 1 heteroatoms. The van der Waals surface area contributed by atoms with Crippen LogP contribution >= 0.6 is 0 Å². The van der Waals surface area contributed by atoms with Crippen LogP contribution < -0.4 is 5.32 Å². The molecule has 0 aliphatic heterocycles. The van der Waals surface area contributed by atoms with Gasteiger partial charge in [-0.05, 0) is 56.3 Å². The highest BCUT2D eigenvalue weighted by Gasteiger charge is 2.09. The van der Waals surface area contributed by atoms with Gasteiger partial charge in [-0.25, -0.2) is 0 Å². The monoisotopic (exact) mass is 281 g/mol. The molecular weight excluding hydrogens is 254 g/mol. The molecule has 21 heavy (non-hydrogen) atoms. The Morgan fingerprint density at radius 2 is 1.67 bits per heavy atom. The molecule has 2 aromatic carbocycles. The van der Waals surface area contributed by atoms with Gasteiger partial charge in [0.15, 0.2) is 0 Å². The normalized spacial score (nSPS) is 12.3. The van der Waals surface area contributed by atoms with Gasteiger partial charge >= 0.3 is 0 Å². The van der Waals surface area contributed by atoms with Gasteiger partial charge in [-0.15, -0.1) is 0 Å². The third kappa shape index (κ3) is 5.02. The second kappa shape index (κ2) is 7.99. The molecule has 0 aliphatic carbocycles. The van der Waals surface area contributed by atoms with Crippen LogP contribution in [0.2, 0.25) is 0 Å². The van der Waals surface area contributed by atoms with Crippen molar-refractivity contribution in [2.24, 2.45) is 0 Å². The van der Waals surface area contributed by atoms with Gasteiger partial charge in [-0.3, -0.25) is 0 Å². The van der Waals surface area contributed by atoms with Crippen LogP contribution in [0, 0.1) is 13.8 Å². The Kier molecular flexibility index (Phi) is 6.01. The van der Waals surface area contributed by atoms with Crippen molar-refractivity contribution in [2.75, 3.05) is 6.54 Å². The Bertz CT molecular complexity index is 542. The Labute approximate surface area is 129 Å². The van der Waals surface area contributed by atoms with E-state index in [9.17, 15) is 0 Å². The molecule has 1 nitrogen and oxygen atoms in total. The fourth-order valence-electron chi connectivity index (χ4n) is 2.79. The molecule has 1 atom stereocenters. The van der Waals surface area contributed by atoms with Crippen molar-refractivity contribution in [1.82, 2.24) is 5.32 Å². The van der Waals surface area contributed by atoms with Crippen molar-refractivity contribution < 1.29 is 0 Å². The van der Waals surface area contributed by atoms with Gasteiger partial charge < -0.3 is 5.32 Å². The topological polar surface area (TPSA) is 12.0 Å². The van der Waals surface area contributed by atoms with E-state index in [1.165, 1.54) is 28.7 Å². The molecule has 0 aromatic heterocycles. The predicted molar refractivity (Wildman–Crippen MR) is 91.8 cm³/mol. The lowest BCUT2D eigenvalue weighted by Crippen LogP contribution is -2.31. The van der Waals surface area contributed by atoms with Crippen LogP contribution in [0.15, 0.2) is 48.5 Å². The van der Waals surface area contributed by atoms with E-state index in [0.29, 0.717) is 6.04 Å². The van der Waals surface area contributed by atoms with E-state index in [2.05, 4.69) is 74.6 Å². The summed E-state index contributed by atoms with van der Waals surface area (Å²) < 4.78 is 0. The summed E-state index contributed by atoms with van der Waals surface area (Å²) in [5.74, 6) is 0. The number of hydrogen-bond acceptors (Lipinski definition) is 1. The number of rotatable bonds is 7. The van der Waals surface area contributed by atoms with Gasteiger partial charge in [0, 0.05) is 6.04 Å². The molecule has 0 spiro atoms. The molecule has 0 amide bonds. The molecule has 1 N–H and O–H groups in total. The van der Waals surface area contributed by atoms with E-state index in [-0.39, 0.29) is 0 Å². The zero-order chi connectivity index (χ0) is 15.1. The number of hydrogen-bond donors (Lipinski definition) is 1. The number of aryl methyl sites for hydroxylation is 3.